The third-order valence-electron chi connectivity index (χ3n) is 4.57. The van der Waals surface area contributed by atoms with Crippen LogP contribution in [0, 0.1) is 6.92 Å². The minimum atomic E-state index is 0.765. The van der Waals surface area contributed by atoms with Crippen LogP contribution in [-0.4, -0.2) is 24.5 Å². The van der Waals surface area contributed by atoms with Gasteiger partial charge >= 0.3 is 0 Å². The Balaban J connectivity index is 1.63. The number of benzene rings is 3. The number of amidine groups is 1. The molecule has 0 atom stereocenters. The van der Waals surface area contributed by atoms with Gasteiger partial charge in [-0.3, -0.25) is 0 Å². The Morgan fingerprint density at radius 2 is 1.32 bits per heavy atom. The second kappa shape index (κ2) is 6.44. The number of anilines is 1. The number of hydrazone groups is 1. The van der Waals surface area contributed by atoms with E-state index in [9.17, 15) is 0 Å². The lowest BCUT2D eigenvalue weighted by atomic mass is 10.0. The molecule has 1 heterocycles. The molecule has 3 aromatic carbocycles. The summed E-state index contributed by atoms with van der Waals surface area (Å²) in [5.41, 5.74) is 5.99. The summed E-state index contributed by atoms with van der Waals surface area (Å²) in [5.74, 6) is 1.00. The van der Waals surface area contributed by atoms with Gasteiger partial charge in [0, 0.05) is 12.6 Å². The second-order valence-corrected chi connectivity index (χ2v) is 6.39. The maximum absolute atomic E-state index is 4.85. The largest absolute Gasteiger partial charge is 0.338 e. The van der Waals surface area contributed by atoms with Crippen molar-refractivity contribution >= 4 is 11.5 Å². The molecule has 0 radical (unpaired) electrons. The van der Waals surface area contributed by atoms with Crippen LogP contribution in [0.1, 0.15) is 11.1 Å². The third-order valence-corrected chi connectivity index (χ3v) is 4.57. The van der Waals surface area contributed by atoms with E-state index in [0.29, 0.717) is 0 Å². The van der Waals surface area contributed by atoms with Crippen molar-refractivity contribution in [3.8, 4) is 11.1 Å². The Morgan fingerprint density at radius 1 is 0.720 bits per heavy atom. The fourth-order valence-electron chi connectivity index (χ4n) is 3.19. The van der Waals surface area contributed by atoms with Gasteiger partial charge in [0.2, 0.25) is 0 Å². The molecule has 0 aromatic heterocycles. The summed E-state index contributed by atoms with van der Waals surface area (Å²) in [6.45, 7) is 2.89. The van der Waals surface area contributed by atoms with Crippen LogP contribution in [0.4, 0.5) is 5.69 Å². The molecule has 0 bridgehead atoms. The predicted octanol–water partition coefficient (Wildman–Crippen LogP) is 4.73. The van der Waals surface area contributed by atoms with E-state index < -0.39 is 0 Å². The number of para-hydroxylation sites is 1. The molecule has 0 N–H and O–H groups in total. The molecule has 124 valence electrons. The normalized spacial score (nSPS) is 13.9. The van der Waals surface area contributed by atoms with Crippen molar-refractivity contribution < 1.29 is 0 Å². The van der Waals surface area contributed by atoms with E-state index in [0.717, 1.165) is 23.8 Å². The van der Waals surface area contributed by atoms with Crippen molar-refractivity contribution in [1.29, 1.82) is 0 Å². The zero-order valence-corrected chi connectivity index (χ0v) is 14.6. The first-order valence-electron chi connectivity index (χ1n) is 8.51. The van der Waals surface area contributed by atoms with E-state index in [4.69, 9.17) is 5.10 Å². The lowest BCUT2D eigenvalue weighted by Gasteiger charge is -2.18. The second-order valence-electron chi connectivity index (χ2n) is 6.39. The molecule has 0 fully saturated rings. The highest BCUT2D eigenvalue weighted by atomic mass is 15.6. The number of nitrogens with zero attached hydrogens (tertiary/aromatic N) is 3. The van der Waals surface area contributed by atoms with Crippen molar-refractivity contribution in [3.05, 3.63) is 90.0 Å². The monoisotopic (exact) mass is 327 g/mol. The summed E-state index contributed by atoms with van der Waals surface area (Å²) in [4.78, 5) is 2.18. The van der Waals surface area contributed by atoms with Gasteiger partial charge in [-0.1, -0.05) is 72.8 Å². The number of aryl methyl sites for hydroxylation is 1. The minimum absolute atomic E-state index is 0.765. The highest BCUT2D eigenvalue weighted by Gasteiger charge is 2.22. The fraction of sp³-hybridized carbons (Fsp3) is 0.136. The summed E-state index contributed by atoms with van der Waals surface area (Å²) < 4.78 is 0. The maximum Gasteiger partial charge on any atom is 0.157 e. The molecular formula is C22H21N3. The first kappa shape index (κ1) is 15.5. The average molecular weight is 327 g/mol. The number of rotatable bonds is 3. The van der Waals surface area contributed by atoms with Crippen LogP contribution >= 0.6 is 0 Å². The number of hydrogen-bond donors (Lipinski definition) is 0. The Bertz CT molecular complexity index is 898. The standard InChI is InChI=1S/C22H21N3/c1-17-8-6-7-11-21(17)25-16-24(2)22(23-25)20-14-12-19(13-15-20)18-9-4-3-5-10-18/h3-15H,16H2,1-2H3. The van der Waals surface area contributed by atoms with Crippen molar-refractivity contribution in [2.75, 3.05) is 18.7 Å². The molecule has 1 aliphatic rings. The zero-order chi connectivity index (χ0) is 17.2. The molecule has 0 saturated heterocycles. The van der Waals surface area contributed by atoms with Gasteiger partial charge in [-0.15, -0.1) is 0 Å². The van der Waals surface area contributed by atoms with Gasteiger partial charge in [-0.05, 0) is 29.7 Å². The van der Waals surface area contributed by atoms with Crippen LogP contribution in [0.2, 0.25) is 0 Å². The van der Waals surface area contributed by atoms with Gasteiger partial charge in [0.05, 0.1) is 5.69 Å². The van der Waals surface area contributed by atoms with Crippen LogP contribution < -0.4 is 5.01 Å². The number of hydrogen-bond acceptors (Lipinski definition) is 3. The highest BCUT2D eigenvalue weighted by Crippen LogP contribution is 2.25. The first-order chi connectivity index (χ1) is 12.2. The lowest BCUT2D eigenvalue weighted by Crippen LogP contribution is -2.27. The first-order valence-corrected chi connectivity index (χ1v) is 8.51. The van der Waals surface area contributed by atoms with Gasteiger partial charge in [0.1, 0.15) is 6.67 Å². The molecule has 0 saturated carbocycles. The maximum atomic E-state index is 4.85. The predicted molar refractivity (Wildman–Crippen MR) is 105 cm³/mol. The molecule has 1 aliphatic heterocycles. The molecule has 3 aromatic rings. The molecule has 0 spiro atoms. The highest BCUT2D eigenvalue weighted by molar-refractivity contribution is 6.01. The quantitative estimate of drug-likeness (QED) is 0.692. The van der Waals surface area contributed by atoms with Gasteiger partial charge in [0.15, 0.2) is 5.84 Å². The van der Waals surface area contributed by atoms with Crippen LogP contribution in [0.5, 0.6) is 0 Å². The smallest absolute Gasteiger partial charge is 0.157 e. The van der Waals surface area contributed by atoms with E-state index >= 15 is 0 Å². The van der Waals surface area contributed by atoms with E-state index in [-0.39, 0.29) is 0 Å². The van der Waals surface area contributed by atoms with Crippen LogP contribution in [-0.2, 0) is 0 Å². The topological polar surface area (TPSA) is 18.8 Å². The summed E-state index contributed by atoms with van der Waals surface area (Å²) in [7, 11) is 2.09. The Labute approximate surface area is 148 Å². The van der Waals surface area contributed by atoms with Crippen molar-refractivity contribution in [3.63, 3.8) is 0 Å². The molecule has 0 amide bonds. The van der Waals surface area contributed by atoms with Crippen molar-refractivity contribution in [2.45, 2.75) is 6.92 Å². The molecular weight excluding hydrogens is 306 g/mol. The summed E-state index contributed by atoms with van der Waals surface area (Å²) in [6.07, 6.45) is 0. The van der Waals surface area contributed by atoms with Crippen LogP contribution in [0.3, 0.4) is 0 Å². The van der Waals surface area contributed by atoms with Gasteiger partial charge in [-0.2, -0.15) is 5.10 Å². The van der Waals surface area contributed by atoms with Gasteiger partial charge < -0.3 is 4.90 Å². The Morgan fingerprint density at radius 3 is 2.04 bits per heavy atom. The molecule has 4 rings (SSSR count). The minimum Gasteiger partial charge on any atom is -0.338 e. The van der Waals surface area contributed by atoms with E-state index in [1.54, 1.807) is 0 Å². The zero-order valence-electron chi connectivity index (χ0n) is 14.6. The summed E-state index contributed by atoms with van der Waals surface area (Å²) in [6, 6.07) is 27.4. The SMILES string of the molecule is Cc1ccccc1N1CN(C)C(c2ccc(-c3ccccc3)cc2)=N1. The van der Waals surface area contributed by atoms with E-state index in [1.807, 2.05) is 6.07 Å². The molecule has 3 heteroatoms. The van der Waals surface area contributed by atoms with Crippen molar-refractivity contribution in [1.82, 2.24) is 4.90 Å². The fourth-order valence-corrected chi connectivity index (χ4v) is 3.19. The van der Waals surface area contributed by atoms with Crippen molar-refractivity contribution in [2.24, 2.45) is 5.10 Å². The van der Waals surface area contributed by atoms with Gasteiger partial charge in [-0.25, -0.2) is 5.01 Å². The Hall–Kier alpha value is -3.07. The molecule has 0 unspecified atom stereocenters. The summed E-state index contributed by atoms with van der Waals surface area (Å²) in [5, 5.41) is 6.91. The summed E-state index contributed by atoms with van der Waals surface area (Å²) >= 11 is 0. The van der Waals surface area contributed by atoms with Gasteiger partial charge in [0.25, 0.3) is 0 Å². The average Bonchev–Trinajstić information content (AvgIpc) is 3.04. The molecule has 3 nitrogen and oxygen atoms in total. The van der Waals surface area contributed by atoms with E-state index in [1.165, 1.54) is 16.7 Å². The Kier molecular flexibility index (Phi) is 3.98. The van der Waals surface area contributed by atoms with Crippen LogP contribution in [0.25, 0.3) is 11.1 Å². The molecule has 25 heavy (non-hydrogen) atoms. The third kappa shape index (κ3) is 3.01. The van der Waals surface area contributed by atoms with E-state index in [2.05, 4.69) is 96.7 Å². The lowest BCUT2D eigenvalue weighted by molar-refractivity contribution is 0.539. The van der Waals surface area contributed by atoms with Crippen LogP contribution in [0.15, 0.2) is 84.0 Å². The molecule has 0 aliphatic carbocycles.